The van der Waals surface area contributed by atoms with Gasteiger partial charge in [-0.2, -0.15) is 0 Å². The summed E-state index contributed by atoms with van der Waals surface area (Å²) >= 11 is 0. The molecule has 2 nitrogen and oxygen atoms in total. The molecule has 0 aromatic heterocycles. The molecule has 2 heteroatoms. The van der Waals surface area contributed by atoms with Crippen LogP contribution in [0.2, 0.25) is 0 Å². The van der Waals surface area contributed by atoms with Crippen LogP contribution in [-0.2, 0) is 0 Å². The maximum atomic E-state index is 5.69. The molecule has 0 aromatic carbocycles. The molecule has 0 amide bonds. The number of nitrogens with zero attached hydrogens (tertiary/aromatic N) is 1. The molecule has 12 heavy (non-hydrogen) atoms. The van der Waals surface area contributed by atoms with E-state index < -0.39 is 0 Å². The van der Waals surface area contributed by atoms with E-state index in [1.165, 1.54) is 12.8 Å². The van der Waals surface area contributed by atoms with Crippen LogP contribution in [0.1, 0.15) is 46.5 Å². The fraction of sp³-hybridized carbons (Fsp3) is 0.900. The zero-order chi connectivity index (χ0) is 9.40. The SMILES string of the molecule is CCCC(N)=NCC(CC)CC. The van der Waals surface area contributed by atoms with E-state index in [2.05, 4.69) is 25.8 Å². The molecule has 0 saturated heterocycles. The van der Waals surface area contributed by atoms with Crippen LogP contribution in [0.5, 0.6) is 0 Å². The molecule has 0 aliphatic heterocycles. The third-order valence-corrected chi connectivity index (χ3v) is 2.21. The topological polar surface area (TPSA) is 38.4 Å². The van der Waals surface area contributed by atoms with Crippen LogP contribution in [0, 0.1) is 5.92 Å². The zero-order valence-corrected chi connectivity index (χ0v) is 8.64. The fourth-order valence-corrected chi connectivity index (χ4v) is 1.13. The number of rotatable bonds is 6. The van der Waals surface area contributed by atoms with Crippen LogP contribution in [-0.4, -0.2) is 12.4 Å². The van der Waals surface area contributed by atoms with Gasteiger partial charge in [-0.25, -0.2) is 0 Å². The predicted molar refractivity (Wildman–Crippen MR) is 55.5 cm³/mol. The first-order chi connectivity index (χ1) is 5.74. The van der Waals surface area contributed by atoms with Crippen LogP contribution < -0.4 is 5.73 Å². The van der Waals surface area contributed by atoms with Crippen LogP contribution in [0.25, 0.3) is 0 Å². The molecule has 2 N–H and O–H groups in total. The Hall–Kier alpha value is -0.530. The van der Waals surface area contributed by atoms with Gasteiger partial charge in [0.25, 0.3) is 0 Å². The number of hydrogen-bond donors (Lipinski definition) is 1. The highest BCUT2D eigenvalue weighted by atomic mass is 14.8. The van der Waals surface area contributed by atoms with Crippen LogP contribution in [0.15, 0.2) is 4.99 Å². The summed E-state index contributed by atoms with van der Waals surface area (Å²) in [5.41, 5.74) is 5.69. The summed E-state index contributed by atoms with van der Waals surface area (Å²) < 4.78 is 0. The van der Waals surface area contributed by atoms with Gasteiger partial charge in [0.2, 0.25) is 0 Å². The first-order valence-electron chi connectivity index (χ1n) is 5.03. The minimum Gasteiger partial charge on any atom is -0.387 e. The van der Waals surface area contributed by atoms with Gasteiger partial charge in [-0.05, 0) is 12.3 Å². The lowest BCUT2D eigenvalue weighted by atomic mass is 10.0. The van der Waals surface area contributed by atoms with Crippen molar-refractivity contribution < 1.29 is 0 Å². The third kappa shape index (κ3) is 5.16. The molecule has 0 unspecified atom stereocenters. The third-order valence-electron chi connectivity index (χ3n) is 2.21. The van der Waals surface area contributed by atoms with Gasteiger partial charge < -0.3 is 5.73 Å². The number of aliphatic imine (C=N–C) groups is 1. The lowest BCUT2D eigenvalue weighted by Gasteiger charge is -2.08. The Morgan fingerprint density at radius 3 is 2.25 bits per heavy atom. The molecule has 0 heterocycles. The van der Waals surface area contributed by atoms with Gasteiger partial charge >= 0.3 is 0 Å². The van der Waals surface area contributed by atoms with Crippen LogP contribution in [0.4, 0.5) is 0 Å². The monoisotopic (exact) mass is 170 g/mol. The van der Waals surface area contributed by atoms with Gasteiger partial charge in [0.15, 0.2) is 0 Å². The van der Waals surface area contributed by atoms with Crippen molar-refractivity contribution in [2.75, 3.05) is 6.54 Å². The summed E-state index contributed by atoms with van der Waals surface area (Å²) in [7, 11) is 0. The number of amidine groups is 1. The molecule has 0 aromatic rings. The van der Waals surface area contributed by atoms with E-state index >= 15 is 0 Å². The smallest absolute Gasteiger partial charge is 0.0937 e. The van der Waals surface area contributed by atoms with Crippen molar-refractivity contribution in [3.05, 3.63) is 0 Å². The van der Waals surface area contributed by atoms with Crippen molar-refractivity contribution in [3.8, 4) is 0 Å². The molecule has 0 atom stereocenters. The van der Waals surface area contributed by atoms with Gasteiger partial charge in [-0.1, -0.05) is 33.6 Å². The number of hydrogen-bond acceptors (Lipinski definition) is 1. The molecule has 0 saturated carbocycles. The lowest BCUT2D eigenvalue weighted by Crippen LogP contribution is -2.13. The standard InChI is InChI=1S/C10H22N2/c1-4-7-10(11)12-8-9(5-2)6-3/h9H,4-8H2,1-3H3,(H2,11,12). The second kappa shape index (κ2) is 7.14. The summed E-state index contributed by atoms with van der Waals surface area (Å²) in [4.78, 5) is 4.35. The van der Waals surface area contributed by atoms with Crippen LogP contribution >= 0.6 is 0 Å². The Morgan fingerprint density at radius 1 is 1.25 bits per heavy atom. The molecule has 0 spiro atoms. The molecule has 0 rings (SSSR count). The zero-order valence-electron chi connectivity index (χ0n) is 8.64. The van der Waals surface area contributed by atoms with E-state index in [0.717, 1.165) is 31.1 Å². The quantitative estimate of drug-likeness (QED) is 0.483. The maximum absolute atomic E-state index is 5.69. The molecular weight excluding hydrogens is 148 g/mol. The molecule has 0 aliphatic carbocycles. The highest BCUT2D eigenvalue weighted by molar-refractivity contribution is 5.80. The summed E-state index contributed by atoms with van der Waals surface area (Å²) in [5, 5.41) is 0. The van der Waals surface area contributed by atoms with Crippen molar-refractivity contribution in [3.63, 3.8) is 0 Å². The Morgan fingerprint density at radius 2 is 1.83 bits per heavy atom. The molecule has 72 valence electrons. The largest absolute Gasteiger partial charge is 0.387 e. The minimum absolute atomic E-state index is 0.723. The second-order valence-corrected chi connectivity index (χ2v) is 3.26. The summed E-state index contributed by atoms with van der Waals surface area (Å²) in [6.45, 7) is 7.46. The Labute approximate surface area is 76.3 Å². The molecular formula is C10H22N2. The predicted octanol–water partition coefficient (Wildman–Crippen LogP) is 2.58. The van der Waals surface area contributed by atoms with Gasteiger partial charge in [0.05, 0.1) is 5.84 Å². The van der Waals surface area contributed by atoms with Gasteiger partial charge in [-0.3, -0.25) is 4.99 Å². The highest BCUT2D eigenvalue weighted by Crippen LogP contribution is 2.07. The summed E-state index contributed by atoms with van der Waals surface area (Å²) in [6, 6.07) is 0. The minimum atomic E-state index is 0.723. The van der Waals surface area contributed by atoms with Gasteiger partial charge in [0, 0.05) is 13.0 Å². The summed E-state index contributed by atoms with van der Waals surface area (Å²) in [5.74, 6) is 1.55. The Kier molecular flexibility index (Phi) is 6.82. The molecule has 0 bridgehead atoms. The summed E-state index contributed by atoms with van der Waals surface area (Å²) in [6.07, 6.45) is 4.46. The second-order valence-electron chi connectivity index (χ2n) is 3.26. The average molecular weight is 170 g/mol. The van der Waals surface area contributed by atoms with E-state index in [0.29, 0.717) is 0 Å². The maximum Gasteiger partial charge on any atom is 0.0937 e. The first-order valence-corrected chi connectivity index (χ1v) is 5.03. The van der Waals surface area contributed by atoms with Crippen molar-refractivity contribution >= 4 is 5.84 Å². The molecule has 0 fully saturated rings. The Bertz CT molecular complexity index is 126. The van der Waals surface area contributed by atoms with Gasteiger partial charge in [0.1, 0.15) is 0 Å². The highest BCUT2D eigenvalue weighted by Gasteiger charge is 2.01. The van der Waals surface area contributed by atoms with Gasteiger partial charge in [-0.15, -0.1) is 0 Å². The normalized spacial score (nSPS) is 12.5. The van der Waals surface area contributed by atoms with E-state index in [1.54, 1.807) is 0 Å². The van der Waals surface area contributed by atoms with Crippen molar-refractivity contribution in [2.24, 2.45) is 16.6 Å². The van der Waals surface area contributed by atoms with E-state index in [4.69, 9.17) is 5.73 Å². The number of nitrogens with two attached hydrogens (primary N) is 1. The molecule has 0 radical (unpaired) electrons. The van der Waals surface area contributed by atoms with Crippen molar-refractivity contribution in [1.29, 1.82) is 0 Å². The Balaban J connectivity index is 3.68. The first kappa shape index (κ1) is 11.5. The lowest BCUT2D eigenvalue weighted by molar-refractivity contribution is 0.505. The van der Waals surface area contributed by atoms with Crippen molar-refractivity contribution in [1.82, 2.24) is 0 Å². The fourth-order valence-electron chi connectivity index (χ4n) is 1.13. The van der Waals surface area contributed by atoms with Crippen LogP contribution in [0.3, 0.4) is 0 Å². The van der Waals surface area contributed by atoms with E-state index in [1.807, 2.05) is 0 Å². The van der Waals surface area contributed by atoms with E-state index in [-0.39, 0.29) is 0 Å². The average Bonchev–Trinajstić information content (AvgIpc) is 2.07. The van der Waals surface area contributed by atoms with E-state index in [9.17, 15) is 0 Å². The van der Waals surface area contributed by atoms with Crippen molar-refractivity contribution in [2.45, 2.75) is 46.5 Å². The molecule has 0 aliphatic rings.